The highest BCUT2D eigenvalue weighted by molar-refractivity contribution is 7.87. The quantitative estimate of drug-likeness (QED) is 0.431. The number of hydrogen-bond acceptors (Lipinski definition) is 6. The van der Waals surface area contributed by atoms with Crippen molar-refractivity contribution in [1.82, 2.24) is 0 Å². The first-order chi connectivity index (χ1) is 8.19. The molecule has 0 bridgehead atoms. The van der Waals surface area contributed by atoms with Gasteiger partial charge in [0.05, 0.1) is 13.2 Å². The molecule has 0 aromatic rings. The predicted molar refractivity (Wildman–Crippen MR) is 50.5 cm³/mol. The van der Waals surface area contributed by atoms with Crippen LogP contribution in [0.2, 0.25) is 0 Å². The molecule has 0 saturated carbocycles. The van der Waals surface area contributed by atoms with E-state index in [9.17, 15) is 26.4 Å². The molecule has 1 rings (SSSR count). The second-order valence-corrected chi connectivity index (χ2v) is 4.64. The molecule has 0 aromatic heterocycles. The van der Waals surface area contributed by atoms with E-state index in [1.165, 1.54) is 6.92 Å². The maximum absolute atomic E-state index is 12.1. The van der Waals surface area contributed by atoms with Crippen LogP contribution in [0.15, 0.2) is 11.3 Å². The number of carbonyl (C=O) groups excluding carboxylic acids is 1. The van der Waals surface area contributed by atoms with Crippen molar-refractivity contribution in [2.45, 2.75) is 12.4 Å². The smallest absolute Gasteiger partial charge is 0.462 e. The summed E-state index contributed by atoms with van der Waals surface area (Å²) in [5.41, 5.74) is -5.94. The van der Waals surface area contributed by atoms with Gasteiger partial charge in [0.25, 0.3) is 0 Å². The zero-order valence-corrected chi connectivity index (χ0v) is 9.93. The minimum absolute atomic E-state index is 0.0123. The number of alkyl halides is 3. The maximum Gasteiger partial charge on any atom is 0.534 e. The molecule has 0 radical (unpaired) electrons. The van der Waals surface area contributed by atoms with Gasteiger partial charge in [-0.15, -0.1) is 0 Å². The third kappa shape index (κ3) is 3.13. The summed E-state index contributed by atoms with van der Waals surface area (Å²) in [5, 5.41) is 0. The van der Waals surface area contributed by atoms with Crippen molar-refractivity contribution in [3.63, 3.8) is 0 Å². The molecule has 0 fully saturated rings. The second-order valence-electron chi connectivity index (χ2n) is 3.10. The lowest BCUT2D eigenvalue weighted by Gasteiger charge is -2.10. The first-order valence-corrected chi connectivity index (χ1v) is 6.07. The summed E-state index contributed by atoms with van der Waals surface area (Å²) >= 11 is 0. The van der Waals surface area contributed by atoms with Gasteiger partial charge in [0.1, 0.15) is 12.2 Å². The first-order valence-electron chi connectivity index (χ1n) is 4.66. The molecule has 104 valence electrons. The molecule has 0 aromatic carbocycles. The fraction of sp³-hybridized carbons (Fsp3) is 0.625. The van der Waals surface area contributed by atoms with E-state index in [-0.39, 0.29) is 18.8 Å². The molecular formula is C8H9F3O6S. The molecular weight excluding hydrogens is 281 g/mol. The van der Waals surface area contributed by atoms with Crippen LogP contribution in [0.25, 0.3) is 0 Å². The topological polar surface area (TPSA) is 78.9 Å². The summed E-state index contributed by atoms with van der Waals surface area (Å²) in [6.45, 7) is 0.577. The zero-order valence-electron chi connectivity index (χ0n) is 9.11. The molecule has 0 amide bonds. The van der Waals surface area contributed by atoms with Crippen molar-refractivity contribution in [3.8, 4) is 0 Å². The summed E-state index contributed by atoms with van der Waals surface area (Å²) in [7, 11) is -5.81. The molecule has 1 aliphatic rings. The third-order valence-electron chi connectivity index (χ3n) is 1.83. The van der Waals surface area contributed by atoms with E-state index in [4.69, 9.17) is 0 Å². The molecule has 1 aliphatic heterocycles. The Bertz CT molecular complexity index is 464. The van der Waals surface area contributed by atoms with E-state index in [0.717, 1.165) is 0 Å². The van der Waals surface area contributed by atoms with E-state index in [1.54, 1.807) is 0 Å². The number of halogens is 3. The van der Waals surface area contributed by atoms with Crippen LogP contribution in [-0.2, 0) is 28.6 Å². The Labute approximate surface area is 100 Å². The van der Waals surface area contributed by atoms with E-state index >= 15 is 0 Å². The summed E-state index contributed by atoms with van der Waals surface area (Å²) < 4.78 is 70.7. The van der Waals surface area contributed by atoms with Gasteiger partial charge in [-0.3, -0.25) is 0 Å². The van der Waals surface area contributed by atoms with Crippen molar-refractivity contribution in [2.24, 2.45) is 0 Å². The van der Waals surface area contributed by atoms with Crippen molar-refractivity contribution in [3.05, 3.63) is 11.3 Å². The molecule has 0 saturated heterocycles. The van der Waals surface area contributed by atoms with Crippen molar-refractivity contribution < 1.29 is 40.0 Å². The average molecular weight is 290 g/mol. The lowest BCUT2D eigenvalue weighted by molar-refractivity contribution is -0.138. The molecule has 0 spiro atoms. The van der Waals surface area contributed by atoms with Crippen LogP contribution in [0.5, 0.6) is 0 Å². The highest BCUT2D eigenvalue weighted by Gasteiger charge is 2.49. The molecule has 0 unspecified atom stereocenters. The highest BCUT2D eigenvalue weighted by atomic mass is 32.2. The zero-order chi connectivity index (χ0) is 14.0. The number of esters is 1. The standard InChI is InChI=1S/C8H9F3O6S/c1-2-16-7(12)5-3-15-4-6(5)17-18(13,14)8(9,10)11/h2-4H2,1H3. The lowest BCUT2D eigenvalue weighted by Crippen LogP contribution is -2.26. The Balaban J connectivity index is 2.95. The van der Waals surface area contributed by atoms with Gasteiger partial charge < -0.3 is 13.7 Å². The summed E-state index contributed by atoms with van der Waals surface area (Å²) in [6.07, 6.45) is 0. The van der Waals surface area contributed by atoms with Gasteiger partial charge in [-0.2, -0.15) is 21.6 Å². The van der Waals surface area contributed by atoms with Crippen LogP contribution < -0.4 is 0 Å². The summed E-state index contributed by atoms with van der Waals surface area (Å²) in [6, 6.07) is 0. The van der Waals surface area contributed by atoms with E-state index in [0.29, 0.717) is 0 Å². The number of hydrogen-bond donors (Lipinski definition) is 0. The molecule has 10 heteroatoms. The summed E-state index contributed by atoms with van der Waals surface area (Å²) in [4.78, 5) is 11.3. The molecule has 1 heterocycles. The third-order valence-corrected chi connectivity index (χ3v) is 2.82. The second kappa shape index (κ2) is 5.14. The number of rotatable bonds is 4. The first kappa shape index (κ1) is 14.8. The molecule has 18 heavy (non-hydrogen) atoms. The van der Waals surface area contributed by atoms with Gasteiger partial charge in [-0.05, 0) is 6.92 Å². The van der Waals surface area contributed by atoms with Crippen molar-refractivity contribution in [1.29, 1.82) is 0 Å². The Kier molecular flexibility index (Phi) is 4.22. The number of ether oxygens (including phenoxy) is 2. The summed E-state index contributed by atoms with van der Waals surface area (Å²) in [5.74, 6) is -1.67. The Morgan fingerprint density at radius 2 is 2.00 bits per heavy atom. The van der Waals surface area contributed by atoms with Crippen LogP contribution in [0.1, 0.15) is 6.92 Å². The van der Waals surface area contributed by atoms with Gasteiger partial charge in [-0.1, -0.05) is 0 Å². The molecule has 6 nitrogen and oxygen atoms in total. The minimum atomic E-state index is -5.81. The van der Waals surface area contributed by atoms with Gasteiger partial charge in [-0.25, -0.2) is 4.79 Å². The highest BCUT2D eigenvalue weighted by Crippen LogP contribution is 2.29. The van der Waals surface area contributed by atoms with Gasteiger partial charge in [0.15, 0.2) is 5.76 Å². The van der Waals surface area contributed by atoms with Crippen LogP contribution in [0.4, 0.5) is 13.2 Å². The Hall–Kier alpha value is -1.29. The van der Waals surface area contributed by atoms with E-state index < -0.39 is 34.0 Å². The molecule has 0 atom stereocenters. The van der Waals surface area contributed by atoms with Gasteiger partial charge in [0, 0.05) is 0 Å². The minimum Gasteiger partial charge on any atom is -0.462 e. The number of carbonyl (C=O) groups is 1. The fourth-order valence-corrected chi connectivity index (χ4v) is 1.57. The lowest BCUT2D eigenvalue weighted by atomic mass is 10.3. The fourth-order valence-electron chi connectivity index (χ4n) is 1.06. The van der Waals surface area contributed by atoms with Gasteiger partial charge in [0.2, 0.25) is 0 Å². The van der Waals surface area contributed by atoms with Crippen LogP contribution in [0, 0.1) is 0 Å². The predicted octanol–water partition coefficient (Wildman–Crippen LogP) is 0.700. The van der Waals surface area contributed by atoms with E-state index in [1.807, 2.05) is 0 Å². The maximum atomic E-state index is 12.1. The van der Waals surface area contributed by atoms with Crippen molar-refractivity contribution >= 4 is 16.1 Å². The SMILES string of the molecule is CCOC(=O)C1=C(OS(=O)(=O)C(F)(F)F)COC1. The van der Waals surface area contributed by atoms with Crippen LogP contribution in [-0.4, -0.2) is 39.7 Å². The largest absolute Gasteiger partial charge is 0.534 e. The van der Waals surface area contributed by atoms with Crippen LogP contribution in [0.3, 0.4) is 0 Å². The van der Waals surface area contributed by atoms with E-state index in [2.05, 4.69) is 13.7 Å². The Morgan fingerprint density at radius 3 is 2.50 bits per heavy atom. The monoisotopic (exact) mass is 290 g/mol. The molecule has 0 N–H and O–H groups in total. The van der Waals surface area contributed by atoms with Crippen LogP contribution >= 0.6 is 0 Å². The normalized spacial score (nSPS) is 16.9. The average Bonchev–Trinajstić information content (AvgIpc) is 2.63. The van der Waals surface area contributed by atoms with Crippen molar-refractivity contribution in [2.75, 3.05) is 19.8 Å². The van der Waals surface area contributed by atoms with Gasteiger partial charge >= 0.3 is 21.6 Å². The Morgan fingerprint density at radius 1 is 1.39 bits per heavy atom. The molecule has 0 aliphatic carbocycles.